The van der Waals surface area contributed by atoms with Crippen LogP contribution in [0.2, 0.25) is 0 Å². The number of hydrogen-bond donors (Lipinski definition) is 1. The summed E-state index contributed by atoms with van der Waals surface area (Å²) in [5, 5.41) is 9.69. The second kappa shape index (κ2) is 10.4. The third kappa shape index (κ3) is 5.52. The number of fused-ring (bicyclic) bond motifs is 1. The minimum atomic E-state index is -4.31. The van der Waals surface area contributed by atoms with Crippen molar-refractivity contribution in [2.75, 3.05) is 36.8 Å². The van der Waals surface area contributed by atoms with Gasteiger partial charge in [0.05, 0.1) is 17.2 Å². The zero-order chi connectivity index (χ0) is 26.2. The van der Waals surface area contributed by atoms with Crippen molar-refractivity contribution in [2.45, 2.75) is 32.0 Å². The molecule has 196 valence electrons. The van der Waals surface area contributed by atoms with Crippen LogP contribution < -0.4 is 10.6 Å². The van der Waals surface area contributed by atoms with Gasteiger partial charge in [-0.25, -0.2) is 0 Å². The second-order valence-corrected chi connectivity index (χ2v) is 10.9. The summed E-state index contributed by atoms with van der Waals surface area (Å²) in [6.07, 6.45) is -0.615. The highest BCUT2D eigenvalue weighted by Gasteiger charge is 2.41. The van der Waals surface area contributed by atoms with Crippen molar-refractivity contribution in [1.29, 1.82) is 0 Å². The number of amides is 1. The molecule has 2 N–H and O–H groups in total. The lowest BCUT2D eigenvalue weighted by molar-refractivity contribution is -0.137. The number of halogens is 3. The number of alkyl halides is 3. The maximum Gasteiger partial charge on any atom is 0.416 e. The molecule has 7 nitrogen and oxygen atoms in total. The Hall–Kier alpha value is -2.92. The first-order valence-electron chi connectivity index (χ1n) is 12.4. The number of carbonyl (C=O) groups is 1. The second-order valence-electron chi connectivity index (χ2n) is 9.76. The van der Waals surface area contributed by atoms with E-state index in [-0.39, 0.29) is 11.6 Å². The van der Waals surface area contributed by atoms with Crippen molar-refractivity contribution < 1.29 is 18.0 Å². The van der Waals surface area contributed by atoms with Gasteiger partial charge in [-0.1, -0.05) is 6.92 Å². The van der Waals surface area contributed by atoms with E-state index in [1.54, 1.807) is 42.2 Å². The molecule has 1 aromatic carbocycles. The monoisotopic (exact) mass is 530 g/mol. The van der Waals surface area contributed by atoms with Gasteiger partial charge in [0.2, 0.25) is 0 Å². The van der Waals surface area contributed by atoms with Crippen LogP contribution in [0.15, 0.2) is 52.8 Å². The van der Waals surface area contributed by atoms with E-state index in [0.29, 0.717) is 12.0 Å². The van der Waals surface area contributed by atoms with Crippen LogP contribution in [-0.4, -0.2) is 64.5 Å². The summed E-state index contributed by atoms with van der Waals surface area (Å²) in [6.45, 7) is 5.91. The van der Waals surface area contributed by atoms with E-state index in [9.17, 15) is 18.0 Å². The van der Waals surface area contributed by atoms with Gasteiger partial charge in [0, 0.05) is 48.9 Å². The molecule has 2 aromatic rings. The molecule has 1 aromatic heterocycles. The zero-order valence-corrected chi connectivity index (χ0v) is 21.3. The number of nitrogens with zero attached hydrogens (tertiary/aromatic N) is 5. The summed E-state index contributed by atoms with van der Waals surface area (Å²) in [5.41, 5.74) is 7.42. The first-order chi connectivity index (χ1) is 17.7. The topological polar surface area (TPSA) is 87.2 Å². The first kappa shape index (κ1) is 25.7. The van der Waals surface area contributed by atoms with E-state index in [2.05, 4.69) is 31.9 Å². The van der Waals surface area contributed by atoms with Gasteiger partial charge in [0.15, 0.2) is 0 Å². The van der Waals surface area contributed by atoms with Crippen LogP contribution in [0, 0.1) is 11.8 Å². The fourth-order valence-electron chi connectivity index (χ4n) is 5.40. The van der Waals surface area contributed by atoms with Gasteiger partial charge in [0.25, 0.3) is 5.91 Å². The standard InChI is InChI=1S/C26H29F3N6OS/c1-16-23(17-3-8-21(24(30)36)31-13-17)32-33-25(16)37-12-2-10-34-14-18-9-11-35(22(18)15-34)20-6-4-19(5-7-20)26(27,28)29/h3-8,13,16,18,22H,2,9-12,14-15H2,1H3,(H2,30,36). The Morgan fingerprint density at radius 3 is 2.59 bits per heavy atom. The fraction of sp³-hybridized carbons (Fsp3) is 0.462. The van der Waals surface area contributed by atoms with Crippen LogP contribution in [0.25, 0.3) is 0 Å². The van der Waals surface area contributed by atoms with Crippen molar-refractivity contribution >= 4 is 34.1 Å². The predicted molar refractivity (Wildman–Crippen MR) is 140 cm³/mol. The zero-order valence-electron chi connectivity index (χ0n) is 20.5. The number of hydrogen-bond acceptors (Lipinski definition) is 7. The molecule has 37 heavy (non-hydrogen) atoms. The Labute approximate surface area is 218 Å². The Morgan fingerprint density at radius 2 is 1.92 bits per heavy atom. The molecular formula is C26H29F3N6OS. The van der Waals surface area contributed by atoms with Gasteiger partial charge < -0.3 is 15.5 Å². The van der Waals surface area contributed by atoms with E-state index < -0.39 is 17.6 Å². The summed E-state index contributed by atoms with van der Waals surface area (Å²) < 4.78 is 38.7. The highest BCUT2D eigenvalue weighted by molar-refractivity contribution is 8.14. The third-order valence-electron chi connectivity index (χ3n) is 7.37. The molecule has 0 radical (unpaired) electrons. The average Bonchev–Trinajstić information content (AvgIpc) is 3.56. The van der Waals surface area contributed by atoms with Gasteiger partial charge in [-0.05, 0) is 61.7 Å². The number of aromatic nitrogens is 1. The SMILES string of the molecule is CC1C(SCCCN2CC3CCN(c4ccc(C(F)(F)F)cc4)C3C2)=NN=C1c1ccc(C(N)=O)nc1. The molecule has 5 rings (SSSR count). The van der Waals surface area contributed by atoms with E-state index >= 15 is 0 Å². The smallest absolute Gasteiger partial charge is 0.367 e. The number of anilines is 1. The van der Waals surface area contributed by atoms with Crippen LogP contribution >= 0.6 is 11.8 Å². The number of nitrogens with two attached hydrogens (primary N) is 1. The molecule has 0 aliphatic carbocycles. The Bertz CT molecular complexity index is 1200. The molecule has 1 amide bonds. The van der Waals surface area contributed by atoms with Crippen molar-refractivity contribution in [3.05, 3.63) is 59.4 Å². The number of primary amides is 1. The summed E-state index contributed by atoms with van der Waals surface area (Å²) in [6, 6.07) is 9.32. The third-order valence-corrected chi connectivity index (χ3v) is 8.59. The lowest BCUT2D eigenvalue weighted by atomic mass is 10.0. The number of pyridine rings is 1. The summed E-state index contributed by atoms with van der Waals surface area (Å²) in [5.74, 6) is 0.989. The molecule has 0 saturated carbocycles. The maximum atomic E-state index is 12.9. The summed E-state index contributed by atoms with van der Waals surface area (Å²) in [7, 11) is 0. The number of rotatable bonds is 7. The Balaban J connectivity index is 1.07. The highest BCUT2D eigenvalue weighted by Crippen LogP contribution is 2.37. The molecule has 0 spiro atoms. The van der Waals surface area contributed by atoms with Crippen LogP contribution in [0.5, 0.6) is 0 Å². The van der Waals surface area contributed by atoms with Crippen molar-refractivity contribution in [3.8, 4) is 0 Å². The van der Waals surface area contributed by atoms with Crippen molar-refractivity contribution in [3.63, 3.8) is 0 Å². The summed E-state index contributed by atoms with van der Waals surface area (Å²) in [4.78, 5) is 20.1. The van der Waals surface area contributed by atoms with Gasteiger partial charge >= 0.3 is 6.18 Å². The van der Waals surface area contributed by atoms with Crippen molar-refractivity contribution in [2.24, 2.45) is 27.8 Å². The number of likely N-dealkylation sites (tertiary alicyclic amines) is 1. The van der Waals surface area contributed by atoms with Gasteiger partial charge in [-0.3, -0.25) is 9.78 Å². The normalized spacial score (nSPS) is 23.8. The molecule has 3 aliphatic heterocycles. The molecule has 4 heterocycles. The molecule has 3 atom stereocenters. The van der Waals surface area contributed by atoms with Crippen LogP contribution in [0.4, 0.5) is 18.9 Å². The van der Waals surface area contributed by atoms with E-state index in [4.69, 9.17) is 5.73 Å². The van der Waals surface area contributed by atoms with Crippen LogP contribution in [-0.2, 0) is 6.18 Å². The minimum Gasteiger partial charge on any atom is -0.367 e. The molecule has 3 unspecified atom stereocenters. The largest absolute Gasteiger partial charge is 0.416 e. The average molecular weight is 531 g/mol. The van der Waals surface area contributed by atoms with E-state index in [1.807, 2.05) is 0 Å². The van der Waals surface area contributed by atoms with E-state index in [0.717, 1.165) is 66.8 Å². The van der Waals surface area contributed by atoms with Gasteiger partial charge in [-0.15, -0.1) is 16.9 Å². The van der Waals surface area contributed by atoms with Crippen LogP contribution in [0.3, 0.4) is 0 Å². The van der Waals surface area contributed by atoms with Crippen molar-refractivity contribution in [1.82, 2.24) is 9.88 Å². The molecule has 3 aliphatic rings. The molecule has 2 saturated heterocycles. The Morgan fingerprint density at radius 1 is 1.14 bits per heavy atom. The van der Waals surface area contributed by atoms with Crippen LogP contribution in [0.1, 0.15) is 41.4 Å². The number of benzene rings is 1. The lowest BCUT2D eigenvalue weighted by Crippen LogP contribution is -2.35. The van der Waals surface area contributed by atoms with E-state index in [1.165, 1.54) is 12.1 Å². The Kier molecular flexibility index (Phi) is 7.26. The van der Waals surface area contributed by atoms with Gasteiger partial charge in [-0.2, -0.15) is 18.3 Å². The van der Waals surface area contributed by atoms with Gasteiger partial charge in [0.1, 0.15) is 10.7 Å². The number of carbonyl (C=O) groups excluding carboxylic acids is 1. The predicted octanol–water partition coefficient (Wildman–Crippen LogP) is 4.29. The molecule has 11 heteroatoms. The molecule has 2 fully saturated rings. The minimum absolute atomic E-state index is 0.0645. The summed E-state index contributed by atoms with van der Waals surface area (Å²) >= 11 is 1.72. The quantitative estimate of drug-likeness (QED) is 0.540. The highest BCUT2D eigenvalue weighted by atomic mass is 32.2. The first-order valence-corrected chi connectivity index (χ1v) is 13.4. The molecular weight excluding hydrogens is 501 g/mol. The lowest BCUT2D eigenvalue weighted by Gasteiger charge is -2.27. The fourth-order valence-corrected chi connectivity index (χ4v) is 6.35. The maximum absolute atomic E-state index is 12.9. The number of thioether (sulfide) groups is 1. The molecule has 0 bridgehead atoms.